The topological polar surface area (TPSA) is 91.8 Å². The zero-order valence-corrected chi connectivity index (χ0v) is 24.7. The third-order valence-corrected chi connectivity index (χ3v) is 8.10. The molecule has 2 aromatic carbocycles. The number of anilines is 1. The normalized spacial score (nSPS) is 17.9. The van der Waals surface area contributed by atoms with Gasteiger partial charge < -0.3 is 20.1 Å². The highest BCUT2D eigenvalue weighted by Gasteiger charge is 2.40. The van der Waals surface area contributed by atoms with E-state index in [2.05, 4.69) is 10.2 Å². The van der Waals surface area contributed by atoms with Gasteiger partial charge in [-0.2, -0.15) is 0 Å². The maximum atomic E-state index is 12.9. The van der Waals surface area contributed by atoms with Crippen LogP contribution in [0.2, 0.25) is 0 Å². The average Bonchev–Trinajstić information content (AvgIpc) is 3.67. The smallest absolute Gasteiger partial charge is 0.337 e. The Hall–Kier alpha value is -3.71. The van der Waals surface area contributed by atoms with Crippen LogP contribution in [0.4, 0.5) is 5.69 Å². The first-order valence-electron chi connectivity index (χ1n) is 14.6. The molecule has 216 valence electrons. The summed E-state index contributed by atoms with van der Waals surface area (Å²) in [5, 5.41) is 13.4. The first kappa shape index (κ1) is 28.8. The fraction of sp³-hybridized carbons (Fsp3) is 0.441. The molecule has 41 heavy (non-hydrogen) atoms. The minimum absolute atomic E-state index is 0.142. The second-order valence-corrected chi connectivity index (χ2v) is 12.4. The average molecular weight is 556 g/mol. The molecule has 0 radical (unpaired) electrons. The highest BCUT2D eigenvalue weighted by Crippen LogP contribution is 2.47. The van der Waals surface area contributed by atoms with Crippen LogP contribution in [0.3, 0.4) is 0 Å². The lowest BCUT2D eigenvalue weighted by molar-refractivity contribution is -0.160. The first-order valence-corrected chi connectivity index (χ1v) is 14.6. The maximum absolute atomic E-state index is 12.9. The number of pyridine rings is 1. The number of hydrogen-bond acceptors (Lipinski definition) is 5. The van der Waals surface area contributed by atoms with Crippen molar-refractivity contribution in [3.8, 4) is 11.1 Å². The van der Waals surface area contributed by atoms with Gasteiger partial charge in [0.25, 0.3) is 5.91 Å². The van der Waals surface area contributed by atoms with Crippen LogP contribution in [-0.4, -0.2) is 40.7 Å². The van der Waals surface area contributed by atoms with Crippen molar-refractivity contribution in [3.63, 3.8) is 0 Å². The van der Waals surface area contributed by atoms with Crippen LogP contribution in [0, 0.1) is 25.7 Å². The van der Waals surface area contributed by atoms with E-state index >= 15 is 0 Å². The molecule has 0 spiro atoms. The Balaban J connectivity index is 1.53. The van der Waals surface area contributed by atoms with E-state index in [1.165, 1.54) is 12.8 Å². The Labute approximate surface area is 242 Å². The summed E-state index contributed by atoms with van der Waals surface area (Å²) in [5.74, 6) is 0.221. The van der Waals surface area contributed by atoms with Gasteiger partial charge in [-0.15, -0.1) is 0 Å². The lowest BCUT2D eigenvalue weighted by Crippen LogP contribution is -2.31. The van der Waals surface area contributed by atoms with E-state index in [-0.39, 0.29) is 5.91 Å². The van der Waals surface area contributed by atoms with Gasteiger partial charge in [-0.1, -0.05) is 42.5 Å². The molecule has 1 saturated heterocycles. The fourth-order valence-electron chi connectivity index (χ4n) is 6.03. The zero-order valence-electron chi connectivity index (χ0n) is 24.7. The van der Waals surface area contributed by atoms with E-state index in [0.717, 1.165) is 53.5 Å². The summed E-state index contributed by atoms with van der Waals surface area (Å²) in [6.07, 6.45) is 2.51. The molecular formula is C34H41N3O4. The van der Waals surface area contributed by atoms with Crippen molar-refractivity contribution in [2.45, 2.75) is 72.1 Å². The number of carbonyl (C=O) groups is 2. The number of aromatic nitrogens is 1. The van der Waals surface area contributed by atoms with Gasteiger partial charge in [0, 0.05) is 47.7 Å². The summed E-state index contributed by atoms with van der Waals surface area (Å²) < 4.78 is 6.18. The Morgan fingerprint density at radius 3 is 2.29 bits per heavy atom. The molecule has 2 heterocycles. The molecule has 2 aliphatic rings. The minimum atomic E-state index is -1.15. The number of benzene rings is 2. The molecule has 2 fully saturated rings. The number of nitrogens with one attached hydrogen (secondary N) is 1. The van der Waals surface area contributed by atoms with Crippen molar-refractivity contribution in [3.05, 3.63) is 82.7 Å². The lowest BCUT2D eigenvalue weighted by atomic mass is 9.93. The van der Waals surface area contributed by atoms with E-state index < -0.39 is 17.7 Å². The summed E-state index contributed by atoms with van der Waals surface area (Å²) in [6.45, 7) is 11.7. The van der Waals surface area contributed by atoms with E-state index in [1.54, 1.807) is 0 Å². The number of rotatable bonds is 9. The number of carboxylic acids is 1. The second kappa shape index (κ2) is 11.6. The van der Waals surface area contributed by atoms with Gasteiger partial charge in [-0.3, -0.25) is 9.78 Å². The van der Waals surface area contributed by atoms with Crippen molar-refractivity contribution in [2.75, 3.05) is 18.0 Å². The Kier molecular flexibility index (Phi) is 8.18. The van der Waals surface area contributed by atoms with Gasteiger partial charge in [0.05, 0.1) is 11.3 Å². The largest absolute Gasteiger partial charge is 0.479 e. The third kappa shape index (κ3) is 6.62. The lowest BCUT2D eigenvalue weighted by Gasteiger charge is -2.32. The molecule has 1 aliphatic carbocycles. The van der Waals surface area contributed by atoms with Crippen LogP contribution in [0.15, 0.2) is 54.6 Å². The molecule has 1 amide bonds. The molecule has 2 atom stereocenters. The summed E-state index contributed by atoms with van der Waals surface area (Å²) in [5.41, 5.74) is 5.78. The van der Waals surface area contributed by atoms with Crippen molar-refractivity contribution < 1.29 is 19.4 Å². The highest BCUT2D eigenvalue weighted by atomic mass is 16.5. The van der Waals surface area contributed by atoms with Crippen molar-refractivity contribution in [2.24, 2.45) is 11.8 Å². The molecule has 5 rings (SSSR count). The number of aliphatic carboxylic acids is 1. The highest BCUT2D eigenvalue weighted by molar-refractivity contribution is 5.95. The van der Waals surface area contributed by atoms with Crippen LogP contribution in [0.5, 0.6) is 0 Å². The molecule has 1 aliphatic heterocycles. The van der Waals surface area contributed by atoms with Gasteiger partial charge >= 0.3 is 5.97 Å². The molecule has 1 unspecified atom stereocenters. The van der Waals surface area contributed by atoms with Crippen molar-refractivity contribution in [1.82, 2.24) is 10.3 Å². The van der Waals surface area contributed by atoms with E-state index in [4.69, 9.17) is 9.72 Å². The quantitative estimate of drug-likeness (QED) is 0.314. The first-order chi connectivity index (χ1) is 19.5. The standard InChI is InChI=1S/C34H41N3O4/c1-21-28(25-13-15-26(16-14-25)32(38)35-19-23-9-7-6-8-10-23)30(37-18-17-27(20-37)24-11-12-24)29(22(2)36-21)31(33(39)40)41-34(3,4)5/h6-10,13-16,24,27,31H,11-12,17-20H2,1-5H3,(H,35,38)(H,39,40)/t27?,31-/m0/s1. The number of hydrogen-bond donors (Lipinski definition) is 2. The number of nitrogens with zero attached hydrogens (tertiary/aromatic N) is 2. The summed E-state index contributed by atoms with van der Waals surface area (Å²) in [6, 6.07) is 17.4. The SMILES string of the molecule is Cc1nc(C)c([C@H](OC(C)(C)C)C(=O)O)c(N2CCC(C3CC3)C2)c1-c1ccc(C(=O)NCc2ccccc2)cc1. The Morgan fingerprint density at radius 1 is 1.00 bits per heavy atom. The van der Waals surface area contributed by atoms with Gasteiger partial charge in [-0.25, -0.2) is 4.79 Å². The molecule has 1 aromatic heterocycles. The van der Waals surface area contributed by atoms with Crippen LogP contribution >= 0.6 is 0 Å². The number of ether oxygens (including phenoxy) is 1. The monoisotopic (exact) mass is 555 g/mol. The number of carboxylic acid groups (broad SMARTS) is 1. The minimum Gasteiger partial charge on any atom is -0.479 e. The second-order valence-electron chi connectivity index (χ2n) is 12.4. The van der Waals surface area contributed by atoms with Crippen LogP contribution in [0.1, 0.15) is 79.0 Å². The van der Waals surface area contributed by atoms with Gasteiger partial charge in [0.2, 0.25) is 0 Å². The molecule has 7 heteroatoms. The molecular weight excluding hydrogens is 514 g/mol. The molecule has 3 aromatic rings. The van der Waals surface area contributed by atoms with E-state index in [9.17, 15) is 14.7 Å². The van der Waals surface area contributed by atoms with E-state index in [0.29, 0.717) is 29.3 Å². The van der Waals surface area contributed by atoms with Gasteiger partial charge in [-0.05, 0) is 89.0 Å². The van der Waals surface area contributed by atoms with Crippen molar-refractivity contribution in [1.29, 1.82) is 0 Å². The molecule has 1 saturated carbocycles. The predicted octanol–water partition coefficient (Wildman–Crippen LogP) is 6.47. The maximum Gasteiger partial charge on any atom is 0.337 e. The zero-order chi connectivity index (χ0) is 29.3. The van der Waals surface area contributed by atoms with E-state index in [1.807, 2.05) is 89.2 Å². The van der Waals surface area contributed by atoms with Gasteiger partial charge in [0.15, 0.2) is 6.10 Å². The molecule has 7 nitrogen and oxygen atoms in total. The fourth-order valence-corrected chi connectivity index (χ4v) is 6.03. The predicted molar refractivity (Wildman–Crippen MR) is 161 cm³/mol. The Bertz CT molecular complexity index is 1410. The van der Waals surface area contributed by atoms with Crippen LogP contribution < -0.4 is 10.2 Å². The van der Waals surface area contributed by atoms with Crippen LogP contribution in [0.25, 0.3) is 11.1 Å². The number of aryl methyl sites for hydroxylation is 2. The molecule has 0 bridgehead atoms. The molecule has 2 N–H and O–H groups in total. The third-order valence-electron chi connectivity index (χ3n) is 8.10. The van der Waals surface area contributed by atoms with Crippen LogP contribution in [-0.2, 0) is 16.1 Å². The van der Waals surface area contributed by atoms with Gasteiger partial charge in [0.1, 0.15) is 0 Å². The number of amides is 1. The Morgan fingerprint density at radius 2 is 1.68 bits per heavy atom. The van der Waals surface area contributed by atoms with Crippen molar-refractivity contribution >= 4 is 17.6 Å². The summed E-state index contributed by atoms with van der Waals surface area (Å²) in [4.78, 5) is 32.8. The number of carbonyl (C=O) groups excluding carboxylic acids is 1. The summed E-state index contributed by atoms with van der Waals surface area (Å²) >= 11 is 0. The summed E-state index contributed by atoms with van der Waals surface area (Å²) in [7, 11) is 0.